The van der Waals surface area contributed by atoms with Gasteiger partial charge in [-0.25, -0.2) is 4.79 Å². The Balaban J connectivity index is 1.57. The minimum atomic E-state index is -0.897. The number of carbonyl (C=O) groups excluding carboxylic acids is 3. The summed E-state index contributed by atoms with van der Waals surface area (Å²) in [6.45, 7) is -0.176. The van der Waals surface area contributed by atoms with Crippen molar-refractivity contribution in [2.75, 3.05) is 24.7 Å². The molecule has 3 rings (SSSR count). The van der Waals surface area contributed by atoms with Gasteiger partial charge in [0.2, 0.25) is 11.8 Å². The fourth-order valence-electron chi connectivity index (χ4n) is 3.11. The van der Waals surface area contributed by atoms with Gasteiger partial charge in [-0.15, -0.1) is 11.8 Å². The number of piperazine rings is 1. The third-order valence-electron chi connectivity index (χ3n) is 4.37. The minimum absolute atomic E-state index is 0.256. The van der Waals surface area contributed by atoms with E-state index in [1.165, 1.54) is 4.90 Å². The average Bonchev–Trinajstić information content (AvgIpc) is 3.03. The molecule has 4 amide bonds. The zero-order chi connectivity index (χ0) is 18.0. The van der Waals surface area contributed by atoms with Gasteiger partial charge in [0.15, 0.2) is 0 Å². The van der Waals surface area contributed by atoms with E-state index in [4.69, 9.17) is 5.11 Å². The summed E-state index contributed by atoms with van der Waals surface area (Å²) in [5, 5.41) is 17.2. The maximum atomic E-state index is 12.2. The number of thioether (sulfide) groups is 1. The van der Waals surface area contributed by atoms with Crippen LogP contribution in [0.15, 0.2) is 29.2 Å². The van der Waals surface area contributed by atoms with Gasteiger partial charge in [-0.3, -0.25) is 9.59 Å². The molecular weight excluding hydrogens is 344 g/mol. The molecule has 2 saturated heterocycles. The lowest BCUT2D eigenvalue weighted by Crippen LogP contribution is -2.62. The van der Waals surface area contributed by atoms with Crippen LogP contribution < -0.4 is 16.0 Å². The molecule has 2 aliphatic rings. The van der Waals surface area contributed by atoms with Crippen molar-refractivity contribution < 1.29 is 19.5 Å². The number of hydrogen-bond acceptors (Lipinski definition) is 5. The molecule has 0 spiro atoms. The van der Waals surface area contributed by atoms with Crippen LogP contribution in [0.4, 0.5) is 10.5 Å². The van der Waals surface area contributed by atoms with E-state index in [0.29, 0.717) is 12.1 Å². The van der Waals surface area contributed by atoms with Gasteiger partial charge in [-0.05, 0) is 36.9 Å². The molecule has 1 aromatic carbocycles. The number of hydrogen-bond donors (Lipinski definition) is 4. The molecule has 0 saturated carbocycles. The number of urea groups is 1. The summed E-state index contributed by atoms with van der Waals surface area (Å²) >= 11 is 1.61. The zero-order valence-corrected chi connectivity index (χ0v) is 14.5. The van der Waals surface area contributed by atoms with Crippen molar-refractivity contribution in [3.8, 4) is 0 Å². The lowest BCUT2D eigenvalue weighted by atomic mass is 10.1. The van der Waals surface area contributed by atoms with Gasteiger partial charge >= 0.3 is 6.03 Å². The van der Waals surface area contributed by atoms with Gasteiger partial charge in [-0.2, -0.15) is 0 Å². The van der Waals surface area contributed by atoms with Crippen molar-refractivity contribution >= 4 is 35.3 Å². The Morgan fingerprint density at radius 1 is 1.36 bits per heavy atom. The lowest BCUT2D eigenvalue weighted by molar-refractivity contribution is -0.148. The maximum Gasteiger partial charge on any atom is 0.319 e. The molecule has 134 valence electrons. The highest BCUT2D eigenvalue weighted by molar-refractivity contribution is 7.98. The molecule has 0 radical (unpaired) electrons. The van der Waals surface area contributed by atoms with Gasteiger partial charge in [0.05, 0.1) is 12.6 Å². The van der Waals surface area contributed by atoms with Crippen LogP contribution >= 0.6 is 11.8 Å². The zero-order valence-electron chi connectivity index (χ0n) is 13.7. The molecule has 8 nitrogen and oxygen atoms in total. The van der Waals surface area contributed by atoms with Crippen LogP contribution in [0.25, 0.3) is 0 Å². The van der Waals surface area contributed by atoms with E-state index in [1.54, 1.807) is 11.8 Å². The lowest BCUT2D eigenvalue weighted by Gasteiger charge is -2.33. The largest absolute Gasteiger partial charge is 0.394 e. The first-order chi connectivity index (χ1) is 12.0. The molecule has 2 heterocycles. The highest BCUT2D eigenvalue weighted by Crippen LogP contribution is 2.23. The number of carbonyl (C=O) groups is 3. The fraction of sp³-hybridized carbons (Fsp3) is 0.438. The number of benzene rings is 1. The fourth-order valence-corrected chi connectivity index (χ4v) is 3.52. The Bertz CT molecular complexity index is 681. The normalized spacial score (nSPS) is 25.4. The van der Waals surface area contributed by atoms with Crippen LogP contribution in [0.5, 0.6) is 0 Å². The van der Waals surface area contributed by atoms with Gasteiger partial charge in [0.1, 0.15) is 12.1 Å². The summed E-state index contributed by atoms with van der Waals surface area (Å²) < 4.78 is 0. The highest BCUT2D eigenvalue weighted by Gasteiger charge is 2.46. The summed E-state index contributed by atoms with van der Waals surface area (Å²) in [5.41, 5.74) is 0.667. The molecule has 3 atom stereocenters. The Morgan fingerprint density at radius 3 is 2.72 bits per heavy atom. The van der Waals surface area contributed by atoms with Crippen molar-refractivity contribution in [2.45, 2.75) is 29.4 Å². The number of nitrogens with one attached hydrogen (secondary N) is 3. The quantitative estimate of drug-likeness (QED) is 0.562. The first-order valence-electron chi connectivity index (χ1n) is 7.95. The number of aliphatic hydroxyl groups is 1. The average molecular weight is 364 g/mol. The van der Waals surface area contributed by atoms with Crippen LogP contribution in [-0.2, 0) is 9.59 Å². The number of anilines is 1. The Morgan fingerprint density at radius 2 is 2.08 bits per heavy atom. The van der Waals surface area contributed by atoms with Gasteiger partial charge < -0.3 is 26.0 Å². The molecule has 0 unspecified atom stereocenters. The van der Waals surface area contributed by atoms with Crippen molar-refractivity contribution in [3.05, 3.63) is 24.3 Å². The van der Waals surface area contributed by atoms with E-state index in [2.05, 4.69) is 16.0 Å². The molecule has 0 aliphatic carbocycles. The standard InChI is InChI=1S/C16H20N4O4S/c1-25-11-4-2-9(3-5-11)17-16(24)18-10-6-13-14(22)19-12(8-21)15(23)20(13)7-10/h2-5,10,12-13,21H,6-8H2,1H3,(H,19,22)(H2,17,18,24)/t10-,12+,13-/m0/s1. The Labute approximate surface area is 149 Å². The first kappa shape index (κ1) is 17.6. The predicted octanol–water partition coefficient (Wildman–Crippen LogP) is -0.00980. The second-order valence-electron chi connectivity index (χ2n) is 6.01. The summed E-state index contributed by atoms with van der Waals surface area (Å²) in [6.07, 6.45) is 2.33. The Hall–Kier alpha value is -2.26. The molecule has 4 N–H and O–H groups in total. The minimum Gasteiger partial charge on any atom is -0.394 e. The van der Waals surface area contributed by atoms with Crippen molar-refractivity contribution in [3.63, 3.8) is 0 Å². The third kappa shape index (κ3) is 3.72. The van der Waals surface area contributed by atoms with Crippen LogP contribution in [0.1, 0.15) is 6.42 Å². The predicted molar refractivity (Wildman–Crippen MR) is 93.3 cm³/mol. The summed E-state index contributed by atoms with van der Waals surface area (Å²) in [7, 11) is 0. The van der Waals surface area contributed by atoms with E-state index in [9.17, 15) is 14.4 Å². The summed E-state index contributed by atoms with van der Waals surface area (Å²) in [5.74, 6) is -0.611. The van der Waals surface area contributed by atoms with E-state index in [-0.39, 0.29) is 30.4 Å². The molecule has 2 fully saturated rings. The molecule has 1 aromatic rings. The molecule has 0 aromatic heterocycles. The third-order valence-corrected chi connectivity index (χ3v) is 5.11. The van der Waals surface area contributed by atoms with Crippen molar-refractivity contribution in [1.82, 2.24) is 15.5 Å². The SMILES string of the molecule is CSc1ccc(NC(=O)N[C@H]2C[C@H]3C(=O)N[C@H](CO)C(=O)N3C2)cc1. The molecule has 25 heavy (non-hydrogen) atoms. The summed E-state index contributed by atoms with van der Waals surface area (Å²) in [6, 6.07) is 5.25. The van der Waals surface area contributed by atoms with Crippen LogP contribution in [-0.4, -0.2) is 65.4 Å². The molecule has 9 heteroatoms. The number of nitrogens with zero attached hydrogens (tertiary/aromatic N) is 1. The van der Waals surface area contributed by atoms with E-state index < -0.39 is 18.7 Å². The number of fused-ring (bicyclic) bond motifs is 1. The van der Waals surface area contributed by atoms with E-state index >= 15 is 0 Å². The second-order valence-corrected chi connectivity index (χ2v) is 6.89. The van der Waals surface area contributed by atoms with Crippen molar-refractivity contribution in [1.29, 1.82) is 0 Å². The van der Waals surface area contributed by atoms with Crippen LogP contribution in [0.3, 0.4) is 0 Å². The number of aliphatic hydroxyl groups excluding tert-OH is 1. The van der Waals surface area contributed by atoms with Crippen LogP contribution in [0, 0.1) is 0 Å². The second kappa shape index (κ2) is 7.32. The number of rotatable bonds is 4. The Kier molecular flexibility index (Phi) is 5.14. The monoisotopic (exact) mass is 364 g/mol. The van der Waals surface area contributed by atoms with Crippen molar-refractivity contribution in [2.24, 2.45) is 0 Å². The van der Waals surface area contributed by atoms with Crippen LogP contribution in [0.2, 0.25) is 0 Å². The molecular formula is C16H20N4O4S. The smallest absolute Gasteiger partial charge is 0.319 e. The maximum absolute atomic E-state index is 12.2. The molecule has 2 aliphatic heterocycles. The van der Waals surface area contributed by atoms with Gasteiger partial charge in [0, 0.05) is 17.1 Å². The van der Waals surface area contributed by atoms with Gasteiger partial charge in [-0.1, -0.05) is 0 Å². The topological polar surface area (TPSA) is 111 Å². The molecule has 0 bridgehead atoms. The van der Waals surface area contributed by atoms with E-state index in [0.717, 1.165) is 4.90 Å². The highest BCUT2D eigenvalue weighted by atomic mass is 32.2. The van der Waals surface area contributed by atoms with Gasteiger partial charge in [0.25, 0.3) is 0 Å². The summed E-state index contributed by atoms with van der Waals surface area (Å²) in [4.78, 5) is 38.9. The van der Waals surface area contributed by atoms with E-state index in [1.807, 2.05) is 30.5 Å². The number of amides is 4. The first-order valence-corrected chi connectivity index (χ1v) is 9.17.